The van der Waals surface area contributed by atoms with Crippen molar-refractivity contribution in [3.8, 4) is 0 Å². The number of rotatable bonds is 6. The number of carbonyl (C=O) groups excluding carboxylic acids is 1. The Bertz CT molecular complexity index is 685. The lowest BCUT2D eigenvalue weighted by Crippen LogP contribution is -2.44. The van der Waals surface area contributed by atoms with Crippen molar-refractivity contribution in [3.05, 3.63) is 23.8 Å². The second kappa shape index (κ2) is 7.96. The van der Waals surface area contributed by atoms with Gasteiger partial charge < -0.3 is 15.8 Å². The molecule has 7 nitrogen and oxygen atoms in total. The second-order valence-electron chi connectivity index (χ2n) is 6.00. The van der Waals surface area contributed by atoms with Crippen molar-refractivity contribution >= 4 is 27.3 Å². The van der Waals surface area contributed by atoms with E-state index < -0.39 is 16.1 Å². The highest BCUT2D eigenvalue weighted by Gasteiger charge is 2.26. The first kappa shape index (κ1) is 18.7. The van der Waals surface area contributed by atoms with Crippen molar-refractivity contribution in [1.82, 2.24) is 0 Å². The normalized spacial score (nSPS) is 17.3. The van der Waals surface area contributed by atoms with E-state index in [9.17, 15) is 13.2 Å². The summed E-state index contributed by atoms with van der Waals surface area (Å²) in [5.74, 6) is -0.107. The van der Waals surface area contributed by atoms with Gasteiger partial charge in [-0.15, -0.1) is 0 Å². The van der Waals surface area contributed by atoms with E-state index >= 15 is 0 Å². The number of carbonyl (C=O) groups is 1. The van der Waals surface area contributed by atoms with Gasteiger partial charge in [0.05, 0.1) is 17.5 Å². The van der Waals surface area contributed by atoms with Gasteiger partial charge in [0.15, 0.2) is 0 Å². The molecule has 0 radical (unpaired) electrons. The summed E-state index contributed by atoms with van der Waals surface area (Å²) < 4.78 is 31.1. The molecule has 0 aliphatic carbocycles. The average molecular weight is 355 g/mol. The van der Waals surface area contributed by atoms with Crippen LogP contribution in [0, 0.1) is 12.8 Å². The fourth-order valence-corrected chi connectivity index (χ4v) is 3.32. The smallest absolute Gasteiger partial charge is 0.241 e. The molecule has 1 heterocycles. The summed E-state index contributed by atoms with van der Waals surface area (Å²) in [7, 11) is -3.33. The van der Waals surface area contributed by atoms with Crippen LogP contribution in [0.1, 0.15) is 25.3 Å². The minimum absolute atomic E-state index is 0.00484. The molecular formula is C16H25N3O4S. The molecule has 0 saturated carbocycles. The Morgan fingerprint density at radius 3 is 2.62 bits per heavy atom. The number of hydrogen-bond donors (Lipinski definition) is 3. The molecule has 134 valence electrons. The fourth-order valence-electron chi connectivity index (χ4n) is 2.61. The number of amides is 1. The molecule has 0 bridgehead atoms. The summed E-state index contributed by atoms with van der Waals surface area (Å²) in [5, 5.41) is 2.80. The third-order valence-corrected chi connectivity index (χ3v) is 5.51. The third kappa shape index (κ3) is 4.93. The first-order valence-corrected chi connectivity index (χ1v) is 9.73. The van der Waals surface area contributed by atoms with Gasteiger partial charge in [0.25, 0.3) is 0 Å². The fraction of sp³-hybridized carbons (Fsp3) is 0.562. The maximum absolute atomic E-state index is 12.3. The molecule has 0 spiro atoms. The Labute approximate surface area is 143 Å². The summed E-state index contributed by atoms with van der Waals surface area (Å²) in [5.41, 5.74) is 7.88. The quantitative estimate of drug-likeness (QED) is 0.715. The van der Waals surface area contributed by atoms with Crippen molar-refractivity contribution in [1.29, 1.82) is 0 Å². The number of anilines is 2. The van der Waals surface area contributed by atoms with Gasteiger partial charge in [-0.05, 0) is 56.4 Å². The lowest BCUT2D eigenvalue weighted by molar-refractivity contribution is -0.119. The molecule has 1 aromatic rings. The third-order valence-electron chi connectivity index (χ3n) is 4.22. The van der Waals surface area contributed by atoms with Crippen LogP contribution in [0.4, 0.5) is 11.4 Å². The maximum Gasteiger partial charge on any atom is 0.241 e. The van der Waals surface area contributed by atoms with Crippen molar-refractivity contribution in [2.75, 3.05) is 29.0 Å². The molecule has 4 N–H and O–H groups in total. The molecule has 1 aliphatic heterocycles. The molecule has 1 aromatic carbocycles. The molecule has 1 aliphatic rings. The van der Waals surface area contributed by atoms with Crippen LogP contribution in [-0.2, 0) is 19.6 Å². The highest BCUT2D eigenvalue weighted by molar-refractivity contribution is 7.92. The summed E-state index contributed by atoms with van der Waals surface area (Å²) in [6.45, 7) is 4.62. The highest BCUT2D eigenvalue weighted by atomic mass is 32.2. The van der Waals surface area contributed by atoms with Crippen LogP contribution in [0.5, 0.6) is 0 Å². The first-order chi connectivity index (χ1) is 11.3. The molecule has 24 heavy (non-hydrogen) atoms. The largest absolute Gasteiger partial charge is 0.381 e. The van der Waals surface area contributed by atoms with Crippen LogP contribution in [0.3, 0.4) is 0 Å². The van der Waals surface area contributed by atoms with Crippen molar-refractivity contribution < 1.29 is 17.9 Å². The summed E-state index contributed by atoms with van der Waals surface area (Å²) >= 11 is 0. The second-order valence-corrected chi connectivity index (χ2v) is 8.01. The van der Waals surface area contributed by atoms with Crippen LogP contribution >= 0.6 is 0 Å². The van der Waals surface area contributed by atoms with E-state index in [0.717, 1.165) is 18.4 Å². The number of hydrogen-bond acceptors (Lipinski definition) is 5. The summed E-state index contributed by atoms with van der Waals surface area (Å²) in [6, 6.07) is 4.45. The van der Waals surface area contributed by atoms with E-state index in [0.29, 0.717) is 24.6 Å². The van der Waals surface area contributed by atoms with Crippen LogP contribution in [0.25, 0.3) is 0 Å². The van der Waals surface area contributed by atoms with Gasteiger partial charge in [-0.3, -0.25) is 9.52 Å². The Hall–Kier alpha value is -1.64. The Kier molecular flexibility index (Phi) is 6.20. The monoisotopic (exact) mass is 355 g/mol. The number of ether oxygens (including phenoxy) is 1. The van der Waals surface area contributed by atoms with Gasteiger partial charge in [0.2, 0.25) is 15.9 Å². The van der Waals surface area contributed by atoms with Gasteiger partial charge in [-0.2, -0.15) is 0 Å². The molecule has 0 aromatic heterocycles. The van der Waals surface area contributed by atoms with E-state index in [4.69, 9.17) is 10.5 Å². The molecule has 1 fully saturated rings. The van der Waals surface area contributed by atoms with Crippen LogP contribution in [-0.4, -0.2) is 39.3 Å². The maximum atomic E-state index is 12.3. The minimum atomic E-state index is -3.33. The van der Waals surface area contributed by atoms with E-state index in [-0.39, 0.29) is 17.6 Å². The zero-order valence-electron chi connectivity index (χ0n) is 14.0. The van der Waals surface area contributed by atoms with E-state index in [2.05, 4.69) is 10.0 Å². The van der Waals surface area contributed by atoms with Gasteiger partial charge in [0.1, 0.15) is 0 Å². The van der Waals surface area contributed by atoms with Gasteiger partial charge in [-0.1, -0.05) is 0 Å². The van der Waals surface area contributed by atoms with Crippen molar-refractivity contribution in [2.45, 2.75) is 32.7 Å². The zero-order valence-corrected chi connectivity index (χ0v) is 14.9. The number of nitrogens with one attached hydrogen (secondary N) is 2. The topological polar surface area (TPSA) is 111 Å². The van der Waals surface area contributed by atoms with Crippen molar-refractivity contribution in [3.63, 3.8) is 0 Å². The zero-order chi connectivity index (χ0) is 17.7. The summed E-state index contributed by atoms with van der Waals surface area (Å²) in [4.78, 5) is 12.3. The predicted molar refractivity (Wildman–Crippen MR) is 94.4 cm³/mol. The first-order valence-electron chi connectivity index (χ1n) is 8.07. The van der Waals surface area contributed by atoms with Gasteiger partial charge in [-0.25, -0.2) is 8.42 Å². The lowest BCUT2D eigenvalue weighted by Gasteiger charge is -2.26. The lowest BCUT2D eigenvalue weighted by atomic mass is 9.92. The van der Waals surface area contributed by atoms with Crippen molar-refractivity contribution in [2.24, 2.45) is 11.7 Å². The average Bonchev–Trinajstić information content (AvgIpc) is 2.57. The molecule has 8 heteroatoms. The Morgan fingerprint density at radius 1 is 1.38 bits per heavy atom. The molecular weight excluding hydrogens is 330 g/mol. The van der Waals surface area contributed by atoms with Crippen LogP contribution in [0.15, 0.2) is 18.2 Å². The molecule has 2 rings (SSSR count). The molecule has 1 unspecified atom stereocenters. The number of nitrogens with two attached hydrogens (primary N) is 1. The summed E-state index contributed by atoms with van der Waals surface area (Å²) in [6.07, 6.45) is 1.57. The van der Waals surface area contributed by atoms with E-state index in [1.54, 1.807) is 32.0 Å². The number of aryl methyl sites for hydroxylation is 1. The minimum Gasteiger partial charge on any atom is -0.381 e. The van der Waals surface area contributed by atoms with Gasteiger partial charge >= 0.3 is 0 Å². The molecule has 1 saturated heterocycles. The number of sulfonamides is 1. The van der Waals surface area contributed by atoms with Gasteiger partial charge in [0, 0.05) is 18.9 Å². The standard InChI is InChI=1S/C16H25N3O4S/c1-3-24(21,22)19-14-5-4-13(10-11(14)2)18-16(20)15(17)12-6-8-23-9-7-12/h4-5,10,12,15,19H,3,6-9,17H2,1-2H3,(H,18,20). The Balaban J connectivity index is 2.02. The highest BCUT2D eigenvalue weighted by Crippen LogP contribution is 2.22. The predicted octanol–water partition coefficient (Wildman–Crippen LogP) is 1.45. The molecule has 1 amide bonds. The van der Waals surface area contributed by atoms with Crippen LogP contribution < -0.4 is 15.8 Å². The SMILES string of the molecule is CCS(=O)(=O)Nc1ccc(NC(=O)C(N)C2CCOCC2)cc1C. The number of benzene rings is 1. The van der Waals surface area contributed by atoms with E-state index in [1.165, 1.54) is 0 Å². The molecule has 1 atom stereocenters. The Morgan fingerprint density at radius 2 is 2.04 bits per heavy atom. The van der Waals surface area contributed by atoms with E-state index in [1.807, 2.05) is 0 Å². The van der Waals surface area contributed by atoms with Crippen LogP contribution in [0.2, 0.25) is 0 Å².